The molecule has 1 fully saturated rings. The second-order valence-electron chi connectivity index (χ2n) is 6.33. The van der Waals surface area contributed by atoms with Crippen molar-refractivity contribution in [3.05, 3.63) is 29.6 Å². The Morgan fingerprint density at radius 3 is 2.68 bits per heavy atom. The van der Waals surface area contributed by atoms with E-state index in [0.717, 1.165) is 30.6 Å². The summed E-state index contributed by atoms with van der Waals surface area (Å²) in [6.07, 6.45) is 1.40. The third-order valence-corrected chi connectivity index (χ3v) is 3.81. The molecule has 2 atom stereocenters. The molecule has 3 nitrogen and oxygen atoms in total. The fourth-order valence-electron chi connectivity index (χ4n) is 2.42. The molecule has 0 saturated heterocycles. The van der Waals surface area contributed by atoms with Crippen LogP contribution in [0.1, 0.15) is 38.6 Å². The maximum Gasteiger partial charge on any atom is 0.0547 e. The summed E-state index contributed by atoms with van der Waals surface area (Å²) < 4.78 is 0. The quantitative estimate of drug-likeness (QED) is 0.818. The van der Waals surface area contributed by atoms with Crippen molar-refractivity contribution in [2.45, 2.75) is 46.3 Å². The van der Waals surface area contributed by atoms with Crippen LogP contribution in [-0.4, -0.2) is 29.5 Å². The lowest BCUT2D eigenvalue weighted by molar-refractivity contribution is 0.303. The molecule has 2 rings (SSSR count). The monoisotopic (exact) mass is 261 g/mol. The zero-order valence-corrected chi connectivity index (χ0v) is 12.7. The summed E-state index contributed by atoms with van der Waals surface area (Å²) in [4.78, 5) is 7.13. The van der Waals surface area contributed by atoms with Crippen molar-refractivity contribution in [3.8, 4) is 0 Å². The number of hydrogen-bond acceptors (Lipinski definition) is 3. The summed E-state index contributed by atoms with van der Waals surface area (Å²) in [7, 11) is 2.20. The molecule has 1 aliphatic rings. The number of nitrogens with one attached hydrogen (secondary N) is 1. The second-order valence-corrected chi connectivity index (χ2v) is 6.33. The number of rotatable bonds is 7. The van der Waals surface area contributed by atoms with E-state index in [1.165, 1.54) is 18.7 Å². The van der Waals surface area contributed by atoms with Gasteiger partial charge in [0, 0.05) is 25.7 Å². The first-order valence-electron chi connectivity index (χ1n) is 7.41. The molecule has 2 unspecified atom stereocenters. The van der Waals surface area contributed by atoms with Crippen molar-refractivity contribution in [1.82, 2.24) is 15.2 Å². The van der Waals surface area contributed by atoms with Gasteiger partial charge in [-0.15, -0.1) is 0 Å². The van der Waals surface area contributed by atoms with E-state index in [0.29, 0.717) is 6.04 Å². The fraction of sp³-hybridized carbons (Fsp3) is 0.688. The molecule has 1 heterocycles. The lowest BCUT2D eigenvalue weighted by Gasteiger charge is -2.16. The summed E-state index contributed by atoms with van der Waals surface area (Å²) in [5.41, 5.74) is 2.32. The van der Waals surface area contributed by atoms with Crippen LogP contribution in [-0.2, 0) is 13.1 Å². The molecule has 1 N–H and O–H groups in total. The van der Waals surface area contributed by atoms with Gasteiger partial charge in [0.1, 0.15) is 0 Å². The molecular weight excluding hydrogens is 234 g/mol. The van der Waals surface area contributed by atoms with E-state index < -0.39 is 0 Å². The Kier molecular flexibility index (Phi) is 4.94. The average molecular weight is 261 g/mol. The minimum atomic E-state index is 0.504. The first-order valence-corrected chi connectivity index (χ1v) is 7.41. The van der Waals surface area contributed by atoms with Gasteiger partial charge in [-0.3, -0.25) is 4.98 Å². The Bertz CT molecular complexity index is 403. The Balaban J connectivity index is 1.83. The number of aromatic nitrogens is 1. The van der Waals surface area contributed by atoms with E-state index in [-0.39, 0.29) is 0 Å². The van der Waals surface area contributed by atoms with E-state index >= 15 is 0 Å². The largest absolute Gasteiger partial charge is 0.309 e. The van der Waals surface area contributed by atoms with Crippen molar-refractivity contribution >= 4 is 0 Å². The highest BCUT2D eigenvalue weighted by molar-refractivity contribution is 5.11. The van der Waals surface area contributed by atoms with E-state index in [4.69, 9.17) is 4.98 Å². The molecule has 0 aromatic carbocycles. The third-order valence-electron chi connectivity index (χ3n) is 3.81. The molecule has 1 aromatic heterocycles. The smallest absolute Gasteiger partial charge is 0.0547 e. The van der Waals surface area contributed by atoms with Crippen molar-refractivity contribution in [2.75, 3.05) is 13.6 Å². The van der Waals surface area contributed by atoms with Crippen LogP contribution in [0.25, 0.3) is 0 Å². The number of pyridine rings is 1. The van der Waals surface area contributed by atoms with Crippen molar-refractivity contribution < 1.29 is 0 Å². The molecule has 0 amide bonds. The Morgan fingerprint density at radius 1 is 1.37 bits per heavy atom. The topological polar surface area (TPSA) is 28.2 Å². The third kappa shape index (κ3) is 4.92. The van der Waals surface area contributed by atoms with Crippen molar-refractivity contribution in [3.63, 3.8) is 0 Å². The lowest BCUT2D eigenvalue weighted by Crippen LogP contribution is -2.24. The number of hydrogen-bond donors (Lipinski definition) is 1. The molecule has 0 radical (unpaired) electrons. The van der Waals surface area contributed by atoms with Gasteiger partial charge in [0.05, 0.1) is 11.4 Å². The van der Waals surface area contributed by atoms with E-state index in [9.17, 15) is 0 Å². The van der Waals surface area contributed by atoms with Gasteiger partial charge in [-0.25, -0.2) is 0 Å². The summed E-state index contributed by atoms with van der Waals surface area (Å²) >= 11 is 0. The van der Waals surface area contributed by atoms with Gasteiger partial charge in [-0.2, -0.15) is 0 Å². The van der Waals surface area contributed by atoms with E-state index in [1.807, 2.05) is 0 Å². The summed E-state index contributed by atoms with van der Waals surface area (Å²) in [5, 5.41) is 3.41. The van der Waals surface area contributed by atoms with Gasteiger partial charge < -0.3 is 10.2 Å². The van der Waals surface area contributed by atoms with Gasteiger partial charge in [0.15, 0.2) is 0 Å². The fourth-order valence-corrected chi connectivity index (χ4v) is 2.42. The van der Waals surface area contributed by atoms with Gasteiger partial charge in [-0.1, -0.05) is 26.8 Å². The standard InChI is InChI=1S/C16H27N3/c1-12(2)17-9-15-6-5-7-16(18-15)11-19(4)10-14-8-13(14)3/h5-7,12-14,17H,8-11H2,1-4H3. The molecule has 106 valence electrons. The van der Waals surface area contributed by atoms with Crippen LogP contribution in [0.5, 0.6) is 0 Å². The summed E-state index contributed by atoms with van der Waals surface area (Å²) in [5.74, 6) is 1.84. The SMILES string of the molecule is CC(C)NCc1cccc(CN(C)CC2CC2C)n1. The zero-order valence-electron chi connectivity index (χ0n) is 12.7. The van der Waals surface area contributed by atoms with Crippen LogP contribution >= 0.6 is 0 Å². The minimum absolute atomic E-state index is 0.504. The normalized spacial score (nSPS) is 22.2. The van der Waals surface area contributed by atoms with Crippen LogP contribution in [0, 0.1) is 11.8 Å². The van der Waals surface area contributed by atoms with Crippen molar-refractivity contribution in [2.24, 2.45) is 11.8 Å². The van der Waals surface area contributed by atoms with Crippen LogP contribution in [0.2, 0.25) is 0 Å². The Labute approximate surface area is 117 Å². The molecular formula is C16H27N3. The van der Waals surface area contributed by atoms with Crippen LogP contribution in [0.15, 0.2) is 18.2 Å². The highest BCUT2D eigenvalue weighted by Gasteiger charge is 2.32. The first kappa shape index (κ1) is 14.5. The Morgan fingerprint density at radius 2 is 2.05 bits per heavy atom. The van der Waals surface area contributed by atoms with Crippen LogP contribution < -0.4 is 5.32 Å². The molecule has 19 heavy (non-hydrogen) atoms. The molecule has 0 aliphatic heterocycles. The highest BCUT2D eigenvalue weighted by atomic mass is 15.1. The molecule has 1 aromatic rings. The van der Waals surface area contributed by atoms with Crippen molar-refractivity contribution in [1.29, 1.82) is 0 Å². The van der Waals surface area contributed by atoms with Crippen LogP contribution in [0.3, 0.4) is 0 Å². The number of nitrogens with zero attached hydrogens (tertiary/aromatic N) is 2. The van der Waals surface area contributed by atoms with Gasteiger partial charge in [0.2, 0.25) is 0 Å². The molecule has 3 heteroatoms. The predicted octanol–water partition coefficient (Wildman–Crippen LogP) is 2.67. The molecule has 0 spiro atoms. The lowest BCUT2D eigenvalue weighted by atomic mass is 10.2. The zero-order chi connectivity index (χ0) is 13.8. The Hall–Kier alpha value is -0.930. The van der Waals surface area contributed by atoms with Gasteiger partial charge in [0.25, 0.3) is 0 Å². The van der Waals surface area contributed by atoms with Crippen LogP contribution in [0.4, 0.5) is 0 Å². The maximum atomic E-state index is 4.73. The predicted molar refractivity (Wildman–Crippen MR) is 79.8 cm³/mol. The van der Waals surface area contributed by atoms with E-state index in [2.05, 4.69) is 56.2 Å². The molecule has 1 saturated carbocycles. The van der Waals surface area contributed by atoms with Gasteiger partial charge >= 0.3 is 0 Å². The minimum Gasteiger partial charge on any atom is -0.309 e. The highest BCUT2D eigenvalue weighted by Crippen LogP contribution is 2.38. The first-order chi connectivity index (χ1) is 9.04. The maximum absolute atomic E-state index is 4.73. The average Bonchev–Trinajstić information content (AvgIpc) is 3.02. The molecule has 0 bridgehead atoms. The molecule has 1 aliphatic carbocycles. The second kappa shape index (κ2) is 6.49. The van der Waals surface area contributed by atoms with Gasteiger partial charge in [-0.05, 0) is 37.4 Å². The summed E-state index contributed by atoms with van der Waals surface area (Å²) in [6.45, 7) is 9.68. The summed E-state index contributed by atoms with van der Waals surface area (Å²) in [6, 6.07) is 6.85. The van der Waals surface area contributed by atoms with E-state index in [1.54, 1.807) is 0 Å².